The summed E-state index contributed by atoms with van der Waals surface area (Å²) < 4.78 is 0. The van der Waals surface area contributed by atoms with Crippen molar-refractivity contribution in [2.75, 3.05) is 0 Å². The number of hydrogen-bond donors (Lipinski definition) is 1. The van der Waals surface area contributed by atoms with E-state index in [2.05, 4.69) is 40.5 Å². The maximum absolute atomic E-state index is 10.3. The number of aliphatic carboxylic acids is 1. The Bertz CT molecular complexity index is 452. The van der Waals surface area contributed by atoms with Crippen molar-refractivity contribution in [2.24, 2.45) is 10.2 Å². The van der Waals surface area contributed by atoms with Crippen molar-refractivity contribution in [2.45, 2.75) is 69.9 Å². The lowest BCUT2D eigenvalue weighted by Crippen LogP contribution is -2.07. The maximum atomic E-state index is 10.3. The molecule has 0 bridgehead atoms. The molecule has 0 aliphatic carbocycles. The van der Waals surface area contributed by atoms with Crippen molar-refractivity contribution in [3.8, 4) is 12.3 Å². The molecule has 0 aromatic heterocycles. The Morgan fingerprint density at radius 3 is 2.41 bits per heavy atom. The molecule has 1 aliphatic heterocycles. The minimum Gasteiger partial charge on any atom is -0.481 e. The number of nitrogens with zero attached hydrogens (tertiary/aromatic N) is 2. The molecule has 22 heavy (non-hydrogen) atoms. The second-order valence-corrected chi connectivity index (χ2v) is 5.65. The number of terminal acetylenes is 1. The predicted octanol–water partition coefficient (Wildman–Crippen LogP) is 4.88. The summed E-state index contributed by atoms with van der Waals surface area (Å²) in [4.78, 5) is 10.3. The molecule has 0 aromatic rings. The topological polar surface area (TPSA) is 62.0 Å². The molecule has 0 fully saturated rings. The summed E-state index contributed by atoms with van der Waals surface area (Å²) in [5.41, 5.74) is -0.296. The summed E-state index contributed by atoms with van der Waals surface area (Å²) >= 11 is 0. The van der Waals surface area contributed by atoms with Crippen LogP contribution in [0, 0.1) is 12.3 Å². The second kappa shape index (κ2) is 10.8. The van der Waals surface area contributed by atoms with Crippen LogP contribution in [-0.4, -0.2) is 16.7 Å². The molecule has 0 atom stereocenters. The van der Waals surface area contributed by atoms with Gasteiger partial charge >= 0.3 is 5.97 Å². The molecule has 4 heteroatoms. The third-order valence-electron chi connectivity index (χ3n) is 3.58. The fraction of sp³-hybridized carbons (Fsp3) is 0.611. The highest BCUT2D eigenvalue weighted by molar-refractivity contribution is 5.66. The first-order valence-electron chi connectivity index (χ1n) is 8.08. The molecule has 0 unspecified atom stereocenters. The van der Waals surface area contributed by atoms with Gasteiger partial charge in [-0.25, -0.2) is 0 Å². The van der Waals surface area contributed by atoms with Crippen LogP contribution in [0.4, 0.5) is 0 Å². The second-order valence-electron chi connectivity index (χ2n) is 5.65. The van der Waals surface area contributed by atoms with E-state index in [0.29, 0.717) is 12.8 Å². The van der Waals surface area contributed by atoms with Crippen LogP contribution in [0.25, 0.3) is 0 Å². The predicted molar refractivity (Wildman–Crippen MR) is 88.5 cm³/mol. The number of carboxylic acid groups (broad SMARTS) is 1. The van der Waals surface area contributed by atoms with Crippen LogP contribution in [0.1, 0.15) is 64.2 Å². The lowest BCUT2D eigenvalue weighted by molar-refractivity contribution is -0.137. The fourth-order valence-corrected chi connectivity index (χ4v) is 2.19. The molecule has 1 N–H and O–H groups in total. The Balaban J connectivity index is 1.88. The van der Waals surface area contributed by atoms with Crippen LogP contribution in [0.3, 0.4) is 0 Å². The van der Waals surface area contributed by atoms with E-state index >= 15 is 0 Å². The number of carbonyl (C=O) groups is 1. The van der Waals surface area contributed by atoms with Crippen LogP contribution in [-0.2, 0) is 4.79 Å². The van der Waals surface area contributed by atoms with Gasteiger partial charge in [-0.15, -0.1) is 12.3 Å². The minimum atomic E-state index is -0.690. The number of hydrogen-bond acceptors (Lipinski definition) is 3. The zero-order valence-electron chi connectivity index (χ0n) is 13.2. The molecule has 0 saturated heterocycles. The highest BCUT2D eigenvalue weighted by atomic mass is 16.4. The molecular weight excluding hydrogens is 276 g/mol. The van der Waals surface area contributed by atoms with E-state index in [1.807, 2.05) is 0 Å². The van der Waals surface area contributed by atoms with Gasteiger partial charge in [-0.1, -0.05) is 43.6 Å². The molecule has 0 aromatic carbocycles. The number of carboxylic acids is 1. The quantitative estimate of drug-likeness (QED) is 0.299. The lowest BCUT2D eigenvalue weighted by atomic mass is 10.1. The molecule has 4 nitrogen and oxygen atoms in total. The first kappa shape index (κ1) is 18.2. The monoisotopic (exact) mass is 302 g/mol. The molecule has 0 radical (unpaired) electrons. The van der Waals surface area contributed by atoms with Crippen LogP contribution in [0.15, 0.2) is 34.5 Å². The van der Waals surface area contributed by atoms with E-state index < -0.39 is 5.97 Å². The fourth-order valence-electron chi connectivity index (χ4n) is 2.19. The van der Waals surface area contributed by atoms with Gasteiger partial charge in [0.1, 0.15) is 0 Å². The average molecular weight is 302 g/mol. The number of unbranched alkanes of at least 4 members (excludes halogenated alkanes) is 5. The van der Waals surface area contributed by atoms with Crippen molar-refractivity contribution in [3.05, 3.63) is 24.3 Å². The van der Waals surface area contributed by atoms with E-state index in [4.69, 9.17) is 11.5 Å². The molecule has 1 aliphatic rings. The van der Waals surface area contributed by atoms with Gasteiger partial charge in [-0.3, -0.25) is 4.79 Å². The van der Waals surface area contributed by atoms with Gasteiger partial charge in [0.05, 0.1) is 6.42 Å². The highest BCUT2D eigenvalue weighted by Crippen LogP contribution is 2.35. The summed E-state index contributed by atoms with van der Waals surface area (Å²) in [5.74, 6) is 1.92. The first-order valence-corrected chi connectivity index (χ1v) is 8.08. The van der Waals surface area contributed by atoms with Gasteiger partial charge in [-0.2, -0.15) is 10.2 Å². The maximum Gasteiger partial charge on any atom is 0.303 e. The van der Waals surface area contributed by atoms with Gasteiger partial charge in [0.15, 0.2) is 0 Å². The van der Waals surface area contributed by atoms with Crippen molar-refractivity contribution >= 4 is 5.97 Å². The van der Waals surface area contributed by atoms with E-state index in [1.165, 1.54) is 12.8 Å². The molecule has 0 spiro atoms. The Morgan fingerprint density at radius 1 is 1.05 bits per heavy atom. The Morgan fingerprint density at radius 2 is 1.73 bits per heavy atom. The summed E-state index contributed by atoms with van der Waals surface area (Å²) in [5, 5.41) is 16.5. The third-order valence-corrected chi connectivity index (χ3v) is 3.58. The van der Waals surface area contributed by atoms with E-state index in [1.54, 1.807) is 0 Å². The van der Waals surface area contributed by atoms with Crippen LogP contribution >= 0.6 is 0 Å². The van der Waals surface area contributed by atoms with Crippen LogP contribution in [0.5, 0.6) is 0 Å². The zero-order chi connectivity index (χ0) is 16.1. The molecular formula is C18H26N2O2. The van der Waals surface area contributed by atoms with Crippen LogP contribution in [0.2, 0.25) is 0 Å². The third kappa shape index (κ3) is 9.12. The summed E-state index contributed by atoms with van der Waals surface area (Å²) in [6, 6.07) is 0. The average Bonchev–Trinajstić information content (AvgIpc) is 3.24. The normalized spacial score (nSPS) is 15.4. The largest absolute Gasteiger partial charge is 0.481 e. The van der Waals surface area contributed by atoms with Gasteiger partial charge in [0.25, 0.3) is 0 Å². The van der Waals surface area contributed by atoms with E-state index in [0.717, 1.165) is 38.5 Å². The summed E-state index contributed by atoms with van der Waals surface area (Å²) in [6.07, 6.45) is 22.9. The molecule has 0 saturated carbocycles. The Hall–Kier alpha value is -1.89. The summed E-state index contributed by atoms with van der Waals surface area (Å²) in [6.45, 7) is 0. The lowest BCUT2D eigenvalue weighted by Gasteiger charge is -2.00. The van der Waals surface area contributed by atoms with Crippen molar-refractivity contribution in [3.63, 3.8) is 0 Å². The standard InChI is InChI=1S/C18H26N2O2/c1-2-15-18(19-20-18)16-13-11-9-7-5-3-4-6-8-10-12-14-17(21)22/h1,5,7,11,13H,3-4,6,8-10,12,14-16H2,(H,21,22)/b7-5-,13-11-. The van der Waals surface area contributed by atoms with Gasteiger partial charge < -0.3 is 5.11 Å². The number of rotatable bonds is 13. The van der Waals surface area contributed by atoms with Gasteiger partial charge in [0, 0.05) is 12.8 Å². The molecule has 120 valence electrons. The number of allylic oxidation sites excluding steroid dienone is 3. The SMILES string of the molecule is C#CCC1(C/C=C\C/C=C\CCCCCCCC(=O)O)N=N1. The van der Waals surface area contributed by atoms with Crippen molar-refractivity contribution in [1.29, 1.82) is 0 Å². The molecule has 1 rings (SSSR count). The van der Waals surface area contributed by atoms with E-state index in [-0.39, 0.29) is 5.66 Å². The Kier molecular flexibility index (Phi) is 8.90. The van der Waals surface area contributed by atoms with Gasteiger partial charge in [-0.05, 0) is 25.7 Å². The molecule has 1 heterocycles. The first-order chi connectivity index (χ1) is 10.7. The van der Waals surface area contributed by atoms with E-state index in [9.17, 15) is 4.79 Å². The molecule has 0 amide bonds. The zero-order valence-corrected chi connectivity index (χ0v) is 13.2. The smallest absolute Gasteiger partial charge is 0.303 e. The van der Waals surface area contributed by atoms with Crippen LogP contribution < -0.4 is 0 Å². The Labute approximate surface area is 133 Å². The van der Waals surface area contributed by atoms with Gasteiger partial charge in [0.2, 0.25) is 5.66 Å². The van der Waals surface area contributed by atoms with Crippen molar-refractivity contribution < 1.29 is 9.90 Å². The van der Waals surface area contributed by atoms with Crippen molar-refractivity contribution in [1.82, 2.24) is 0 Å². The highest BCUT2D eigenvalue weighted by Gasteiger charge is 2.37. The summed E-state index contributed by atoms with van der Waals surface area (Å²) in [7, 11) is 0. The minimum absolute atomic E-state index is 0.296.